The average molecular weight is 258 g/mol. The van der Waals surface area contributed by atoms with Crippen LogP contribution in [0.4, 0.5) is 0 Å². The fraction of sp³-hybridized carbons (Fsp3) is 0.667. The van der Waals surface area contributed by atoms with Gasteiger partial charge in [0.25, 0.3) is 0 Å². The van der Waals surface area contributed by atoms with E-state index in [0.29, 0.717) is 18.5 Å². The highest BCUT2D eigenvalue weighted by atomic mass is 35.5. The fourth-order valence-corrected chi connectivity index (χ4v) is 1.30. The molecule has 0 aliphatic rings. The van der Waals surface area contributed by atoms with Crippen molar-refractivity contribution in [2.75, 3.05) is 20.7 Å². The minimum Gasteiger partial charge on any atom is -0.462 e. The minimum absolute atomic E-state index is 0.0532. The van der Waals surface area contributed by atoms with E-state index in [2.05, 4.69) is 28.7 Å². The van der Waals surface area contributed by atoms with Gasteiger partial charge in [0.15, 0.2) is 0 Å². The molecule has 0 atom stereocenters. The molecule has 0 aromatic carbocycles. The van der Waals surface area contributed by atoms with Crippen LogP contribution in [-0.2, 0) is 5.88 Å². The van der Waals surface area contributed by atoms with Crippen molar-refractivity contribution >= 4 is 11.6 Å². The SMILES string of the molecule is Cc1nc(OCC(C)(C)N(C)C)ncc1CCl. The monoisotopic (exact) mass is 257 g/mol. The number of hydrogen-bond donors (Lipinski definition) is 0. The summed E-state index contributed by atoms with van der Waals surface area (Å²) < 4.78 is 5.61. The van der Waals surface area contributed by atoms with Crippen LogP contribution in [0.5, 0.6) is 6.01 Å². The van der Waals surface area contributed by atoms with Gasteiger partial charge in [-0.1, -0.05) is 0 Å². The lowest BCUT2D eigenvalue weighted by atomic mass is 10.1. The Morgan fingerprint density at radius 1 is 1.41 bits per heavy atom. The number of aromatic nitrogens is 2. The van der Waals surface area contributed by atoms with Gasteiger partial charge in [0.1, 0.15) is 6.61 Å². The Bertz CT molecular complexity index is 380. The van der Waals surface area contributed by atoms with Crippen LogP contribution in [0.2, 0.25) is 0 Å². The van der Waals surface area contributed by atoms with Gasteiger partial charge >= 0.3 is 6.01 Å². The summed E-state index contributed by atoms with van der Waals surface area (Å²) in [5.74, 6) is 0.426. The van der Waals surface area contributed by atoms with E-state index in [0.717, 1.165) is 11.3 Å². The molecule has 17 heavy (non-hydrogen) atoms. The van der Waals surface area contributed by atoms with Gasteiger partial charge < -0.3 is 9.64 Å². The number of rotatable bonds is 5. The molecule has 0 bridgehead atoms. The molecular formula is C12H20ClN3O. The highest BCUT2D eigenvalue weighted by Gasteiger charge is 2.21. The van der Waals surface area contributed by atoms with Crippen LogP contribution < -0.4 is 4.74 Å². The van der Waals surface area contributed by atoms with Gasteiger partial charge in [-0.2, -0.15) is 0 Å². The van der Waals surface area contributed by atoms with Crippen molar-refractivity contribution in [3.63, 3.8) is 0 Å². The first-order valence-electron chi connectivity index (χ1n) is 5.55. The van der Waals surface area contributed by atoms with E-state index in [-0.39, 0.29) is 5.54 Å². The van der Waals surface area contributed by atoms with Gasteiger partial charge in [-0.15, -0.1) is 11.6 Å². The van der Waals surface area contributed by atoms with Gasteiger partial charge in [0.2, 0.25) is 0 Å². The van der Waals surface area contributed by atoms with Gasteiger partial charge in [-0.3, -0.25) is 0 Å². The molecule has 0 amide bonds. The Morgan fingerprint density at radius 3 is 2.53 bits per heavy atom. The average Bonchev–Trinajstić information content (AvgIpc) is 2.26. The van der Waals surface area contributed by atoms with Gasteiger partial charge in [0, 0.05) is 23.0 Å². The number of aryl methyl sites for hydroxylation is 1. The molecule has 0 aliphatic carbocycles. The second kappa shape index (κ2) is 5.65. The molecule has 0 saturated carbocycles. The molecule has 4 nitrogen and oxygen atoms in total. The second-order valence-corrected chi connectivity index (χ2v) is 5.16. The Hall–Kier alpha value is -0.870. The predicted octanol–water partition coefficient (Wildman–Crippen LogP) is 2.24. The molecule has 1 aromatic heterocycles. The number of likely N-dealkylation sites (N-methyl/N-ethyl adjacent to an activating group) is 1. The predicted molar refractivity (Wildman–Crippen MR) is 69.6 cm³/mol. The zero-order chi connectivity index (χ0) is 13.1. The molecule has 0 spiro atoms. The number of ether oxygens (including phenoxy) is 1. The Kier molecular flexibility index (Phi) is 4.71. The van der Waals surface area contributed by atoms with E-state index in [1.807, 2.05) is 21.0 Å². The molecule has 1 rings (SSSR count). The molecule has 0 N–H and O–H groups in total. The maximum Gasteiger partial charge on any atom is 0.316 e. The minimum atomic E-state index is -0.0532. The van der Waals surface area contributed by atoms with Crippen LogP contribution in [0.25, 0.3) is 0 Å². The molecule has 1 aromatic rings. The largest absolute Gasteiger partial charge is 0.462 e. The summed E-state index contributed by atoms with van der Waals surface area (Å²) in [4.78, 5) is 10.5. The first-order valence-corrected chi connectivity index (χ1v) is 6.09. The second-order valence-electron chi connectivity index (χ2n) is 4.89. The summed E-state index contributed by atoms with van der Waals surface area (Å²) in [5, 5.41) is 0. The maximum absolute atomic E-state index is 5.75. The lowest BCUT2D eigenvalue weighted by molar-refractivity contribution is 0.107. The number of nitrogens with zero attached hydrogens (tertiary/aromatic N) is 3. The molecule has 0 fully saturated rings. The van der Waals surface area contributed by atoms with Crippen LogP contribution in [-0.4, -0.2) is 41.1 Å². The Morgan fingerprint density at radius 2 is 2.06 bits per heavy atom. The molecule has 0 radical (unpaired) electrons. The zero-order valence-electron chi connectivity index (χ0n) is 11.1. The number of hydrogen-bond acceptors (Lipinski definition) is 4. The topological polar surface area (TPSA) is 38.2 Å². The zero-order valence-corrected chi connectivity index (χ0v) is 11.9. The standard InChI is InChI=1S/C12H20ClN3O/c1-9-10(6-13)7-14-11(15-9)17-8-12(2,3)16(4)5/h7H,6,8H2,1-5H3. The van der Waals surface area contributed by atoms with Gasteiger partial charge in [-0.25, -0.2) is 9.97 Å². The Labute approximate surface area is 108 Å². The number of alkyl halides is 1. The van der Waals surface area contributed by atoms with E-state index < -0.39 is 0 Å². The van der Waals surface area contributed by atoms with Crippen LogP contribution in [0.3, 0.4) is 0 Å². The number of halogens is 1. The van der Waals surface area contributed by atoms with E-state index >= 15 is 0 Å². The highest BCUT2D eigenvalue weighted by Crippen LogP contribution is 2.14. The van der Waals surface area contributed by atoms with Crippen LogP contribution >= 0.6 is 11.6 Å². The van der Waals surface area contributed by atoms with Gasteiger partial charge in [-0.05, 0) is 34.9 Å². The quantitative estimate of drug-likeness (QED) is 0.759. The summed E-state index contributed by atoms with van der Waals surface area (Å²) in [5.41, 5.74) is 1.75. The molecule has 96 valence electrons. The third-order valence-electron chi connectivity index (χ3n) is 2.97. The smallest absolute Gasteiger partial charge is 0.316 e. The first-order chi connectivity index (χ1) is 7.86. The van der Waals surface area contributed by atoms with Crippen molar-refractivity contribution in [1.82, 2.24) is 14.9 Å². The molecule has 0 unspecified atom stereocenters. The molecule has 5 heteroatoms. The summed E-state index contributed by atoms with van der Waals surface area (Å²) >= 11 is 5.75. The Balaban J connectivity index is 2.67. The van der Waals surface area contributed by atoms with Crippen molar-refractivity contribution in [2.24, 2.45) is 0 Å². The molecular weight excluding hydrogens is 238 g/mol. The van der Waals surface area contributed by atoms with E-state index in [9.17, 15) is 0 Å². The lowest BCUT2D eigenvalue weighted by Gasteiger charge is -2.31. The maximum atomic E-state index is 5.75. The highest BCUT2D eigenvalue weighted by molar-refractivity contribution is 6.17. The summed E-state index contributed by atoms with van der Waals surface area (Å²) in [7, 11) is 4.04. The van der Waals surface area contributed by atoms with Crippen LogP contribution in [0.1, 0.15) is 25.1 Å². The van der Waals surface area contributed by atoms with Crippen molar-refractivity contribution in [2.45, 2.75) is 32.2 Å². The van der Waals surface area contributed by atoms with Crippen LogP contribution in [0.15, 0.2) is 6.20 Å². The van der Waals surface area contributed by atoms with Gasteiger partial charge in [0.05, 0.1) is 5.88 Å². The summed E-state index contributed by atoms with van der Waals surface area (Å²) in [6.45, 7) is 6.66. The summed E-state index contributed by atoms with van der Waals surface area (Å²) in [6, 6.07) is 0.409. The molecule has 0 aliphatic heterocycles. The van der Waals surface area contributed by atoms with Crippen molar-refractivity contribution < 1.29 is 4.74 Å². The molecule has 1 heterocycles. The van der Waals surface area contributed by atoms with Crippen molar-refractivity contribution in [3.8, 4) is 6.01 Å². The fourth-order valence-electron chi connectivity index (χ4n) is 1.04. The lowest BCUT2D eigenvalue weighted by Crippen LogP contribution is -2.43. The third-order valence-corrected chi connectivity index (χ3v) is 3.26. The first kappa shape index (κ1) is 14.2. The van der Waals surface area contributed by atoms with E-state index in [1.54, 1.807) is 6.20 Å². The van der Waals surface area contributed by atoms with E-state index in [4.69, 9.17) is 16.3 Å². The molecule has 0 saturated heterocycles. The van der Waals surface area contributed by atoms with Crippen molar-refractivity contribution in [3.05, 3.63) is 17.5 Å². The third kappa shape index (κ3) is 3.82. The normalized spacial score (nSPS) is 11.9. The van der Waals surface area contributed by atoms with Crippen LogP contribution in [0, 0.1) is 6.92 Å². The van der Waals surface area contributed by atoms with E-state index in [1.165, 1.54) is 0 Å². The summed E-state index contributed by atoms with van der Waals surface area (Å²) in [6.07, 6.45) is 1.72. The van der Waals surface area contributed by atoms with Crippen molar-refractivity contribution in [1.29, 1.82) is 0 Å².